The third kappa shape index (κ3) is 4.37. The molecule has 0 radical (unpaired) electrons. The smallest absolute Gasteiger partial charge is 0.260 e. The van der Waals surface area contributed by atoms with Gasteiger partial charge in [0.2, 0.25) is 0 Å². The lowest BCUT2D eigenvalue weighted by Gasteiger charge is -2.23. The summed E-state index contributed by atoms with van der Waals surface area (Å²) in [6.07, 6.45) is -0.181. The monoisotopic (exact) mass is 343 g/mol. The number of rotatable bonds is 6. The van der Waals surface area contributed by atoms with Crippen LogP contribution in [0.5, 0.6) is 5.75 Å². The van der Waals surface area contributed by atoms with Crippen LogP contribution in [0, 0.1) is 0 Å². The van der Waals surface area contributed by atoms with Crippen LogP contribution in [0.25, 0.3) is 0 Å². The average molecular weight is 343 g/mol. The van der Waals surface area contributed by atoms with E-state index in [2.05, 4.69) is 0 Å². The van der Waals surface area contributed by atoms with E-state index in [1.807, 2.05) is 54.6 Å². The van der Waals surface area contributed by atoms with Crippen LogP contribution in [-0.2, 0) is 11.2 Å². The molecule has 1 aliphatic heterocycles. The Morgan fingerprint density at radius 3 is 2.64 bits per heavy atom. The SMILES string of the molecule is O=C(COc1ccccc1Cc1ccccc1)N1C[C@@H](F)C[C@H]1CO. The predicted molar refractivity (Wildman–Crippen MR) is 93.3 cm³/mol. The van der Waals surface area contributed by atoms with Gasteiger partial charge in [0.25, 0.3) is 5.91 Å². The van der Waals surface area contributed by atoms with E-state index in [1.54, 1.807) is 0 Å². The van der Waals surface area contributed by atoms with E-state index >= 15 is 0 Å². The van der Waals surface area contributed by atoms with Crippen LogP contribution < -0.4 is 4.74 Å². The standard InChI is InChI=1S/C20H22FNO3/c21-17-11-18(13-23)22(12-17)20(24)14-25-19-9-5-4-8-16(19)10-15-6-2-1-3-7-15/h1-9,17-18,23H,10-14H2/t17-,18-/m0/s1. The molecular weight excluding hydrogens is 321 g/mol. The summed E-state index contributed by atoms with van der Waals surface area (Å²) in [5.74, 6) is 0.352. The molecule has 1 heterocycles. The topological polar surface area (TPSA) is 49.8 Å². The molecule has 0 unspecified atom stereocenters. The third-order valence-corrected chi connectivity index (χ3v) is 4.46. The lowest BCUT2D eigenvalue weighted by Crippen LogP contribution is -2.40. The van der Waals surface area contributed by atoms with Crippen molar-refractivity contribution in [3.8, 4) is 5.75 Å². The van der Waals surface area contributed by atoms with Crippen LogP contribution in [-0.4, -0.2) is 47.9 Å². The highest BCUT2D eigenvalue weighted by molar-refractivity contribution is 5.78. The highest BCUT2D eigenvalue weighted by Crippen LogP contribution is 2.23. The molecule has 0 saturated carbocycles. The number of aliphatic hydroxyl groups excluding tert-OH is 1. The van der Waals surface area contributed by atoms with Gasteiger partial charge in [-0.25, -0.2) is 4.39 Å². The number of ether oxygens (including phenoxy) is 1. The maximum absolute atomic E-state index is 13.5. The van der Waals surface area contributed by atoms with Crippen LogP contribution in [0.4, 0.5) is 4.39 Å². The molecular formula is C20H22FNO3. The van der Waals surface area contributed by atoms with Gasteiger partial charge in [-0.05, 0) is 17.2 Å². The van der Waals surface area contributed by atoms with Crippen LogP contribution >= 0.6 is 0 Å². The van der Waals surface area contributed by atoms with Crippen LogP contribution in [0.2, 0.25) is 0 Å². The zero-order valence-electron chi connectivity index (χ0n) is 14.0. The largest absolute Gasteiger partial charge is 0.483 e. The van der Waals surface area contributed by atoms with Gasteiger partial charge >= 0.3 is 0 Å². The van der Waals surface area contributed by atoms with Crippen molar-refractivity contribution in [1.82, 2.24) is 4.90 Å². The summed E-state index contributed by atoms with van der Waals surface area (Å²) in [5.41, 5.74) is 2.15. The third-order valence-electron chi connectivity index (χ3n) is 4.46. The molecule has 5 heteroatoms. The zero-order chi connectivity index (χ0) is 17.6. The molecule has 25 heavy (non-hydrogen) atoms. The average Bonchev–Trinajstić information content (AvgIpc) is 3.02. The molecule has 132 valence electrons. The summed E-state index contributed by atoms with van der Waals surface area (Å²) in [7, 11) is 0. The summed E-state index contributed by atoms with van der Waals surface area (Å²) >= 11 is 0. The number of hydrogen-bond donors (Lipinski definition) is 1. The molecule has 3 rings (SSSR count). The van der Waals surface area contributed by atoms with E-state index in [-0.39, 0.29) is 32.1 Å². The molecule has 2 aromatic rings. The van der Waals surface area contributed by atoms with Crippen LogP contribution in [0.15, 0.2) is 54.6 Å². The van der Waals surface area contributed by atoms with E-state index in [0.717, 1.165) is 11.1 Å². The van der Waals surface area contributed by atoms with Gasteiger partial charge in [0.15, 0.2) is 6.61 Å². The van der Waals surface area contributed by atoms with Crippen LogP contribution in [0.3, 0.4) is 0 Å². The lowest BCUT2D eigenvalue weighted by molar-refractivity contribution is -0.135. The Morgan fingerprint density at radius 1 is 1.16 bits per heavy atom. The first-order valence-corrected chi connectivity index (χ1v) is 8.46. The van der Waals surface area contributed by atoms with Crippen molar-refractivity contribution in [2.45, 2.75) is 25.1 Å². The number of amides is 1. The Bertz CT molecular complexity index is 707. The normalized spacial score (nSPS) is 19.8. The number of carbonyl (C=O) groups is 1. The fraction of sp³-hybridized carbons (Fsp3) is 0.350. The minimum atomic E-state index is -1.08. The predicted octanol–water partition coefficient (Wildman–Crippen LogP) is 2.59. The van der Waals surface area contributed by atoms with Gasteiger partial charge < -0.3 is 14.7 Å². The molecule has 2 atom stereocenters. The number of halogens is 1. The highest BCUT2D eigenvalue weighted by atomic mass is 19.1. The molecule has 2 aromatic carbocycles. The Hall–Kier alpha value is -2.40. The molecule has 0 aromatic heterocycles. The molecule has 1 saturated heterocycles. The Labute approximate surface area is 146 Å². The molecule has 1 N–H and O–H groups in total. The molecule has 0 aliphatic carbocycles. The fourth-order valence-electron chi connectivity index (χ4n) is 3.17. The van der Waals surface area contributed by atoms with Crippen molar-refractivity contribution in [3.05, 3.63) is 65.7 Å². The number of likely N-dealkylation sites (tertiary alicyclic amines) is 1. The van der Waals surface area contributed by atoms with E-state index in [9.17, 15) is 14.3 Å². The fourth-order valence-corrected chi connectivity index (χ4v) is 3.17. The van der Waals surface area contributed by atoms with Crippen molar-refractivity contribution in [3.63, 3.8) is 0 Å². The summed E-state index contributed by atoms with van der Waals surface area (Å²) in [4.78, 5) is 13.7. The van der Waals surface area contributed by atoms with E-state index in [0.29, 0.717) is 12.2 Å². The molecule has 1 aliphatic rings. The second-order valence-corrected chi connectivity index (χ2v) is 6.27. The van der Waals surface area contributed by atoms with E-state index < -0.39 is 12.2 Å². The van der Waals surface area contributed by atoms with Gasteiger partial charge in [-0.3, -0.25) is 4.79 Å². The molecule has 1 amide bonds. The Kier molecular flexibility index (Phi) is 5.66. The van der Waals surface area contributed by atoms with Crippen molar-refractivity contribution >= 4 is 5.91 Å². The Balaban J connectivity index is 1.64. The van der Waals surface area contributed by atoms with Gasteiger partial charge in [-0.1, -0.05) is 48.5 Å². The first kappa shape index (κ1) is 17.4. The first-order valence-electron chi connectivity index (χ1n) is 8.46. The van der Waals surface area contributed by atoms with E-state index in [1.165, 1.54) is 4.90 Å². The van der Waals surface area contributed by atoms with Crippen molar-refractivity contribution in [1.29, 1.82) is 0 Å². The second-order valence-electron chi connectivity index (χ2n) is 6.27. The van der Waals surface area contributed by atoms with Gasteiger partial charge in [0.1, 0.15) is 11.9 Å². The minimum Gasteiger partial charge on any atom is -0.483 e. The highest BCUT2D eigenvalue weighted by Gasteiger charge is 2.34. The number of alkyl halides is 1. The maximum atomic E-state index is 13.5. The number of benzene rings is 2. The summed E-state index contributed by atoms with van der Waals surface area (Å²) in [5, 5.41) is 9.30. The van der Waals surface area contributed by atoms with Gasteiger partial charge in [0, 0.05) is 12.8 Å². The number of carbonyl (C=O) groups excluding carboxylic acids is 1. The number of nitrogens with zero attached hydrogens (tertiary/aromatic N) is 1. The molecule has 1 fully saturated rings. The summed E-state index contributed by atoms with van der Waals surface area (Å²) < 4.78 is 19.2. The number of aliphatic hydroxyl groups is 1. The van der Waals surface area contributed by atoms with Gasteiger partial charge in [-0.2, -0.15) is 0 Å². The zero-order valence-corrected chi connectivity index (χ0v) is 14.0. The first-order chi connectivity index (χ1) is 12.2. The minimum absolute atomic E-state index is 0.0269. The van der Waals surface area contributed by atoms with Crippen molar-refractivity contribution in [2.24, 2.45) is 0 Å². The van der Waals surface area contributed by atoms with Gasteiger partial charge in [0.05, 0.1) is 19.2 Å². The van der Waals surface area contributed by atoms with Crippen molar-refractivity contribution in [2.75, 3.05) is 19.8 Å². The molecule has 4 nitrogen and oxygen atoms in total. The Morgan fingerprint density at radius 2 is 1.88 bits per heavy atom. The molecule has 0 spiro atoms. The van der Waals surface area contributed by atoms with E-state index in [4.69, 9.17) is 4.74 Å². The number of hydrogen-bond acceptors (Lipinski definition) is 3. The summed E-state index contributed by atoms with van der Waals surface area (Å²) in [6, 6.07) is 17.2. The quantitative estimate of drug-likeness (QED) is 0.877. The lowest BCUT2D eigenvalue weighted by atomic mass is 10.0. The van der Waals surface area contributed by atoms with Crippen LogP contribution in [0.1, 0.15) is 17.5 Å². The maximum Gasteiger partial charge on any atom is 0.260 e. The second kappa shape index (κ2) is 8.12. The van der Waals surface area contributed by atoms with Crippen molar-refractivity contribution < 1.29 is 19.0 Å². The summed E-state index contributed by atoms with van der Waals surface area (Å²) in [6.45, 7) is -0.356. The van der Waals surface area contributed by atoms with Gasteiger partial charge in [-0.15, -0.1) is 0 Å². The molecule has 0 bridgehead atoms. The number of para-hydroxylation sites is 1.